The number of aliphatic carboxylic acids is 1. The number of carboxylic acid groups (broad SMARTS) is 1. The standard InChI is InChI=1S/C10H10N4O3S/c15-9(8-3-18-5-13-8)14-7(10(16)17)1-6-2-11-4-12-6/h2-5,7H,1H2,(H,11,12)(H,14,15)(H,16,17)/t7-/m1/s1. The molecule has 2 heterocycles. The van der Waals surface area contributed by atoms with Crippen LogP contribution in [0.15, 0.2) is 23.4 Å². The van der Waals surface area contributed by atoms with E-state index in [1.54, 1.807) is 5.38 Å². The van der Waals surface area contributed by atoms with Crippen molar-refractivity contribution in [1.82, 2.24) is 20.3 Å². The summed E-state index contributed by atoms with van der Waals surface area (Å²) in [5.74, 6) is -1.60. The first-order valence-electron chi connectivity index (χ1n) is 5.06. The number of carbonyl (C=O) groups is 2. The van der Waals surface area contributed by atoms with Crippen molar-refractivity contribution >= 4 is 23.2 Å². The van der Waals surface area contributed by atoms with Crippen molar-refractivity contribution in [3.05, 3.63) is 34.8 Å². The molecule has 0 saturated heterocycles. The van der Waals surface area contributed by atoms with Gasteiger partial charge in [-0.05, 0) is 0 Å². The van der Waals surface area contributed by atoms with E-state index >= 15 is 0 Å². The number of hydrogen-bond acceptors (Lipinski definition) is 5. The molecule has 94 valence electrons. The van der Waals surface area contributed by atoms with E-state index in [1.807, 2.05) is 0 Å². The summed E-state index contributed by atoms with van der Waals surface area (Å²) < 4.78 is 0. The Hall–Kier alpha value is -2.22. The maximum atomic E-state index is 11.7. The largest absolute Gasteiger partial charge is 0.480 e. The summed E-state index contributed by atoms with van der Waals surface area (Å²) in [7, 11) is 0. The molecule has 7 nitrogen and oxygen atoms in total. The second-order valence-electron chi connectivity index (χ2n) is 3.52. The minimum atomic E-state index is -1.10. The van der Waals surface area contributed by atoms with Gasteiger partial charge in [0.2, 0.25) is 0 Å². The molecular formula is C10H10N4O3S. The molecule has 1 atom stereocenters. The van der Waals surface area contributed by atoms with Crippen LogP contribution in [0.2, 0.25) is 0 Å². The minimum Gasteiger partial charge on any atom is -0.480 e. The van der Waals surface area contributed by atoms with E-state index in [9.17, 15) is 9.59 Å². The normalized spacial score (nSPS) is 12.0. The van der Waals surface area contributed by atoms with Crippen molar-refractivity contribution in [1.29, 1.82) is 0 Å². The maximum Gasteiger partial charge on any atom is 0.326 e. The molecule has 3 N–H and O–H groups in total. The van der Waals surface area contributed by atoms with Gasteiger partial charge in [-0.3, -0.25) is 4.79 Å². The number of nitrogens with one attached hydrogen (secondary N) is 2. The summed E-state index contributed by atoms with van der Waals surface area (Å²) in [6.45, 7) is 0. The molecule has 0 aliphatic heterocycles. The smallest absolute Gasteiger partial charge is 0.326 e. The Morgan fingerprint density at radius 3 is 2.94 bits per heavy atom. The molecule has 8 heteroatoms. The third kappa shape index (κ3) is 2.92. The molecule has 0 spiro atoms. The summed E-state index contributed by atoms with van der Waals surface area (Å²) in [6, 6.07) is -1.01. The highest BCUT2D eigenvalue weighted by atomic mass is 32.1. The highest BCUT2D eigenvalue weighted by Crippen LogP contribution is 2.03. The van der Waals surface area contributed by atoms with Gasteiger partial charge in [0.15, 0.2) is 0 Å². The molecule has 2 aromatic heterocycles. The molecule has 0 unspecified atom stereocenters. The van der Waals surface area contributed by atoms with Gasteiger partial charge in [-0.25, -0.2) is 14.8 Å². The summed E-state index contributed by atoms with van der Waals surface area (Å²) in [5.41, 5.74) is 2.37. The van der Waals surface area contributed by atoms with Crippen molar-refractivity contribution in [2.75, 3.05) is 0 Å². The number of hydrogen-bond donors (Lipinski definition) is 3. The van der Waals surface area contributed by atoms with Gasteiger partial charge in [-0.1, -0.05) is 0 Å². The summed E-state index contributed by atoms with van der Waals surface area (Å²) in [4.78, 5) is 33.2. The number of carboxylic acids is 1. The van der Waals surface area contributed by atoms with Crippen LogP contribution in [0.4, 0.5) is 0 Å². The Bertz CT molecular complexity index is 523. The van der Waals surface area contributed by atoms with Crippen LogP contribution in [0.3, 0.4) is 0 Å². The minimum absolute atomic E-state index is 0.144. The van der Waals surface area contributed by atoms with Crippen molar-refractivity contribution in [2.24, 2.45) is 0 Å². The molecule has 18 heavy (non-hydrogen) atoms. The van der Waals surface area contributed by atoms with E-state index < -0.39 is 17.9 Å². The highest BCUT2D eigenvalue weighted by Gasteiger charge is 2.22. The van der Waals surface area contributed by atoms with Gasteiger partial charge in [0.25, 0.3) is 5.91 Å². The monoisotopic (exact) mass is 266 g/mol. The van der Waals surface area contributed by atoms with E-state index in [-0.39, 0.29) is 12.1 Å². The Kier molecular flexibility index (Phi) is 3.68. The maximum absolute atomic E-state index is 11.7. The first-order chi connectivity index (χ1) is 8.66. The lowest BCUT2D eigenvalue weighted by atomic mass is 10.1. The Morgan fingerprint density at radius 1 is 1.56 bits per heavy atom. The van der Waals surface area contributed by atoms with Crippen molar-refractivity contribution in [3.63, 3.8) is 0 Å². The number of imidazole rings is 1. The van der Waals surface area contributed by atoms with Gasteiger partial charge in [0.1, 0.15) is 11.7 Å². The second-order valence-corrected chi connectivity index (χ2v) is 4.24. The number of nitrogens with zero attached hydrogens (tertiary/aromatic N) is 2. The molecule has 0 fully saturated rings. The molecule has 0 saturated carbocycles. The van der Waals surface area contributed by atoms with Crippen LogP contribution >= 0.6 is 11.3 Å². The fourth-order valence-electron chi connectivity index (χ4n) is 1.37. The summed E-state index contributed by atoms with van der Waals surface area (Å²) >= 11 is 1.27. The van der Waals surface area contributed by atoms with Crippen LogP contribution in [0.25, 0.3) is 0 Å². The number of aromatic amines is 1. The van der Waals surface area contributed by atoms with Gasteiger partial charge >= 0.3 is 5.97 Å². The number of amides is 1. The van der Waals surface area contributed by atoms with Crippen LogP contribution in [0.1, 0.15) is 16.2 Å². The lowest BCUT2D eigenvalue weighted by Gasteiger charge is -2.12. The zero-order valence-electron chi connectivity index (χ0n) is 9.16. The molecule has 0 aromatic carbocycles. The molecule has 0 aliphatic carbocycles. The summed E-state index contributed by atoms with van der Waals surface area (Å²) in [6.07, 6.45) is 3.12. The molecule has 0 aliphatic rings. The van der Waals surface area contributed by atoms with Gasteiger partial charge in [-0.2, -0.15) is 0 Å². The number of H-pyrrole nitrogens is 1. The lowest BCUT2D eigenvalue weighted by molar-refractivity contribution is -0.139. The van der Waals surface area contributed by atoms with E-state index in [0.29, 0.717) is 5.69 Å². The average molecular weight is 266 g/mol. The van der Waals surface area contributed by atoms with Crippen LogP contribution in [0, 0.1) is 0 Å². The zero-order chi connectivity index (χ0) is 13.0. The molecular weight excluding hydrogens is 256 g/mol. The third-order valence-electron chi connectivity index (χ3n) is 2.25. The second kappa shape index (κ2) is 5.41. The zero-order valence-corrected chi connectivity index (χ0v) is 9.98. The Morgan fingerprint density at radius 2 is 2.39 bits per heavy atom. The first-order valence-corrected chi connectivity index (χ1v) is 6.00. The Labute approximate surface area is 106 Å². The molecule has 2 aromatic rings. The van der Waals surface area contributed by atoms with Crippen molar-refractivity contribution in [2.45, 2.75) is 12.5 Å². The van der Waals surface area contributed by atoms with Gasteiger partial charge < -0.3 is 15.4 Å². The first kappa shape index (κ1) is 12.2. The van der Waals surface area contributed by atoms with Gasteiger partial charge in [-0.15, -0.1) is 11.3 Å². The van der Waals surface area contributed by atoms with Crippen LogP contribution in [0.5, 0.6) is 0 Å². The van der Waals surface area contributed by atoms with E-state index in [2.05, 4.69) is 20.3 Å². The van der Waals surface area contributed by atoms with E-state index in [4.69, 9.17) is 5.11 Å². The predicted octanol–water partition coefficient (Wildman–Crippen LogP) is 0.292. The number of rotatable bonds is 5. The number of aromatic nitrogens is 3. The highest BCUT2D eigenvalue weighted by molar-refractivity contribution is 7.07. The molecule has 1 amide bonds. The molecule has 0 bridgehead atoms. The Balaban J connectivity index is 2.03. The fourth-order valence-corrected chi connectivity index (χ4v) is 1.91. The predicted molar refractivity (Wildman–Crippen MR) is 63.3 cm³/mol. The van der Waals surface area contributed by atoms with Crippen LogP contribution in [-0.4, -0.2) is 38.0 Å². The molecule has 0 radical (unpaired) electrons. The SMILES string of the molecule is O=C(N[C@H](Cc1cnc[nH]1)C(=O)O)c1cscn1. The number of thiazole rings is 1. The fraction of sp³-hybridized carbons (Fsp3) is 0.200. The van der Waals surface area contributed by atoms with Gasteiger partial charge in [0, 0.05) is 23.7 Å². The molecule has 2 rings (SSSR count). The van der Waals surface area contributed by atoms with Crippen molar-refractivity contribution in [3.8, 4) is 0 Å². The number of carbonyl (C=O) groups excluding carboxylic acids is 1. The van der Waals surface area contributed by atoms with Crippen LogP contribution in [-0.2, 0) is 11.2 Å². The topological polar surface area (TPSA) is 108 Å². The van der Waals surface area contributed by atoms with E-state index in [1.165, 1.54) is 29.4 Å². The van der Waals surface area contributed by atoms with E-state index in [0.717, 1.165) is 0 Å². The van der Waals surface area contributed by atoms with Crippen LogP contribution < -0.4 is 5.32 Å². The lowest BCUT2D eigenvalue weighted by Crippen LogP contribution is -2.42. The quantitative estimate of drug-likeness (QED) is 0.721. The van der Waals surface area contributed by atoms with Gasteiger partial charge in [0.05, 0.1) is 11.8 Å². The summed E-state index contributed by atoms with van der Waals surface area (Å²) in [5, 5.41) is 13.0. The average Bonchev–Trinajstić information content (AvgIpc) is 3.00. The third-order valence-corrected chi connectivity index (χ3v) is 2.83. The van der Waals surface area contributed by atoms with Crippen molar-refractivity contribution < 1.29 is 14.7 Å².